The number of hydrogen-bond acceptors (Lipinski definition) is 6. The molecule has 0 saturated heterocycles. The molecule has 6 heteroatoms. The molecule has 240 valence electrons. The Bertz CT molecular complexity index is 591. The highest BCUT2D eigenvalue weighted by molar-refractivity contribution is 5.99. The fraction of sp³-hybridized carbons (Fsp3) is 0.886. The van der Waals surface area contributed by atoms with E-state index in [0.717, 1.165) is 25.7 Å². The summed E-state index contributed by atoms with van der Waals surface area (Å²) in [6.45, 7) is 4.49. The molecule has 6 nitrogen and oxygen atoms in total. The predicted molar refractivity (Wildman–Crippen MR) is 167 cm³/mol. The van der Waals surface area contributed by atoms with Gasteiger partial charge in [0.05, 0.1) is 0 Å². The quantitative estimate of drug-likeness (QED) is 0.0477. The minimum Gasteiger partial charge on any atom is -0.393 e. The molecule has 0 aliphatic carbocycles. The van der Waals surface area contributed by atoms with E-state index in [1.807, 2.05) is 0 Å². The van der Waals surface area contributed by atoms with Crippen molar-refractivity contribution >= 4 is 23.9 Å². The van der Waals surface area contributed by atoms with E-state index in [0.29, 0.717) is 12.8 Å². The van der Waals surface area contributed by atoms with Crippen molar-refractivity contribution in [2.45, 2.75) is 200 Å². The van der Waals surface area contributed by atoms with Crippen LogP contribution in [0.3, 0.4) is 0 Å². The normalized spacial score (nSPS) is 11.0. The Balaban J connectivity index is 3.54. The summed E-state index contributed by atoms with van der Waals surface area (Å²) in [5, 5.41) is 0. The first-order valence-corrected chi connectivity index (χ1v) is 17.5. The number of hydrogen-bond donors (Lipinski definition) is 0. The van der Waals surface area contributed by atoms with Gasteiger partial charge in [-0.1, -0.05) is 168 Å². The van der Waals surface area contributed by atoms with Gasteiger partial charge in [0.15, 0.2) is 0 Å². The average Bonchev–Trinajstić information content (AvgIpc) is 2.93. The number of carbonyl (C=O) groups excluding carboxylic acids is 4. The van der Waals surface area contributed by atoms with Gasteiger partial charge in [-0.25, -0.2) is 0 Å². The SMILES string of the molecule is CCCCCCCCCCCCCCCC(=O)OC(=O)CC(=O)OC(=O)CCCCCCCCCCCCCCC. The lowest BCUT2D eigenvalue weighted by molar-refractivity contribution is -0.165. The molecule has 0 aromatic carbocycles. The first-order valence-electron chi connectivity index (χ1n) is 17.5. The van der Waals surface area contributed by atoms with E-state index >= 15 is 0 Å². The van der Waals surface area contributed by atoms with Crippen LogP contribution < -0.4 is 0 Å². The molecular formula is C35H64O6. The molecule has 0 radical (unpaired) electrons. The van der Waals surface area contributed by atoms with E-state index in [1.165, 1.54) is 128 Å². The van der Waals surface area contributed by atoms with Crippen molar-refractivity contribution in [2.75, 3.05) is 0 Å². The highest BCUT2D eigenvalue weighted by atomic mass is 16.6. The maximum absolute atomic E-state index is 11.8. The van der Waals surface area contributed by atoms with Gasteiger partial charge >= 0.3 is 23.9 Å². The first kappa shape index (κ1) is 39.3. The van der Waals surface area contributed by atoms with Gasteiger partial charge < -0.3 is 9.47 Å². The summed E-state index contributed by atoms with van der Waals surface area (Å²) in [5.74, 6) is -3.15. The van der Waals surface area contributed by atoms with Crippen LogP contribution in [0.4, 0.5) is 0 Å². The molecule has 0 N–H and O–H groups in total. The van der Waals surface area contributed by atoms with Crippen LogP contribution >= 0.6 is 0 Å². The lowest BCUT2D eigenvalue weighted by Gasteiger charge is -2.05. The molecule has 0 aromatic rings. The first-order chi connectivity index (χ1) is 20.0. The lowest BCUT2D eigenvalue weighted by Crippen LogP contribution is -2.19. The van der Waals surface area contributed by atoms with Crippen LogP contribution in [0, 0.1) is 0 Å². The highest BCUT2D eigenvalue weighted by Gasteiger charge is 2.18. The van der Waals surface area contributed by atoms with Crippen molar-refractivity contribution in [3.05, 3.63) is 0 Å². The third-order valence-corrected chi connectivity index (χ3v) is 7.71. The number of rotatable bonds is 30. The summed E-state index contributed by atoms with van der Waals surface area (Å²) in [6, 6.07) is 0. The molecule has 0 spiro atoms. The Kier molecular flexibility index (Phi) is 29.9. The Hall–Kier alpha value is -1.72. The second-order valence-corrected chi connectivity index (χ2v) is 11.9. The van der Waals surface area contributed by atoms with Gasteiger partial charge in [0.2, 0.25) is 0 Å². The second-order valence-electron chi connectivity index (χ2n) is 11.9. The minimum atomic E-state index is -0.955. The van der Waals surface area contributed by atoms with Gasteiger partial charge in [0.1, 0.15) is 6.42 Å². The number of carbonyl (C=O) groups is 4. The largest absolute Gasteiger partial charge is 0.393 e. The van der Waals surface area contributed by atoms with E-state index in [2.05, 4.69) is 13.8 Å². The van der Waals surface area contributed by atoms with Gasteiger partial charge in [0.25, 0.3) is 0 Å². The van der Waals surface area contributed by atoms with Crippen molar-refractivity contribution in [3.8, 4) is 0 Å². The van der Waals surface area contributed by atoms with Crippen LogP contribution in [-0.2, 0) is 28.7 Å². The third-order valence-electron chi connectivity index (χ3n) is 7.71. The van der Waals surface area contributed by atoms with Crippen molar-refractivity contribution in [1.29, 1.82) is 0 Å². The van der Waals surface area contributed by atoms with E-state index in [9.17, 15) is 19.2 Å². The molecule has 0 bridgehead atoms. The smallest absolute Gasteiger partial charge is 0.324 e. The average molecular weight is 581 g/mol. The maximum Gasteiger partial charge on any atom is 0.324 e. The Labute approximate surface area is 252 Å². The van der Waals surface area contributed by atoms with Crippen molar-refractivity contribution < 1.29 is 28.7 Å². The summed E-state index contributed by atoms with van der Waals surface area (Å²) in [4.78, 5) is 47.3. The third kappa shape index (κ3) is 31.1. The zero-order chi connectivity index (χ0) is 30.2. The summed E-state index contributed by atoms with van der Waals surface area (Å²) in [7, 11) is 0. The van der Waals surface area contributed by atoms with Crippen LogP contribution in [0.15, 0.2) is 0 Å². The molecular weight excluding hydrogens is 516 g/mol. The maximum atomic E-state index is 11.8. The predicted octanol–water partition coefficient (Wildman–Crippen LogP) is 10.5. The summed E-state index contributed by atoms with van der Waals surface area (Å²) < 4.78 is 9.40. The van der Waals surface area contributed by atoms with Gasteiger partial charge in [0, 0.05) is 12.8 Å². The van der Waals surface area contributed by atoms with E-state index < -0.39 is 30.3 Å². The van der Waals surface area contributed by atoms with E-state index in [4.69, 9.17) is 9.47 Å². The fourth-order valence-electron chi connectivity index (χ4n) is 5.12. The topological polar surface area (TPSA) is 86.7 Å². The van der Waals surface area contributed by atoms with Crippen molar-refractivity contribution in [2.24, 2.45) is 0 Å². The van der Waals surface area contributed by atoms with E-state index in [1.54, 1.807) is 0 Å². The highest BCUT2D eigenvalue weighted by Crippen LogP contribution is 2.14. The van der Waals surface area contributed by atoms with Crippen LogP contribution in [0.25, 0.3) is 0 Å². The summed E-state index contributed by atoms with van der Waals surface area (Å²) in [5.41, 5.74) is 0. The van der Waals surface area contributed by atoms with Gasteiger partial charge in [-0.3, -0.25) is 19.2 Å². The van der Waals surface area contributed by atoms with Crippen LogP contribution in [0.2, 0.25) is 0 Å². The molecule has 0 fully saturated rings. The zero-order valence-corrected chi connectivity index (χ0v) is 27.0. The van der Waals surface area contributed by atoms with Crippen LogP contribution in [0.1, 0.15) is 200 Å². The number of unbranched alkanes of at least 4 members (excludes halogenated alkanes) is 24. The lowest BCUT2D eigenvalue weighted by atomic mass is 10.0. The number of esters is 4. The fourth-order valence-corrected chi connectivity index (χ4v) is 5.12. The summed E-state index contributed by atoms with van der Waals surface area (Å²) in [6.07, 6.45) is 31.1. The molecule has 0 amide bonds. The van der Waals surface area contributed by atoms with E-state index in [-0.39, 0.29) is 12.8 Å². The molecule has 41 heavy (non-hydrogen) atoms. The molecule has 0 saturated carbocycles. The molecule has 0 aliphatic heterocycles. The van der Waals surface area contributed by atoms with Gasteiger partial charge in [-0.05, 0) is 12.8 Å². The van der Waals surface area contributed by atoms with Crippen molar-refractivity contribution in [3.63, 3.8) is 0 Å². The van der Waals surface area contributed by atoms with Crippen molar-refractivity contribution in [1.82, 2.24) is 0 Å². The monoisotopic (exact) mass is 580 g/mol. The van der Waals surface area contributed by atoms with Crippen LogP contribution in [-0.4, -0.2) is 23.9 Å². The van der Waals surface area contributed by atoms with Crippen LogP contribution in [0.5, 0.6) is 0 Å². The minimum absolute atomic E-state index is 0.163. The molecule has 0 aromatic heterocycles. The zero-order valence-electron chi connectivity index (χ0n) is 27.0. The second kappa shape index (κ2) is 31.2. The Morgan fingerprint density at radius 3 is 0.780 bits per heavy atom. The van der Waals surface area contributed by atoms with Gasteiger partial charge in [-0.2, -0.15) is 0 Å². The number of ether oxygens (including phenoxy) is 2. The Morgan fingerprint density at radius 1 is 0.317 bits per heavy atom. The molecule has 0 aliphatic rings. The van der Waals surface area contributed by atoms with Gasteiger partial charge in [-0.15, -0.1) is 0 Å². The molecule has 0 rings (SSSR count). The molecule has 0 heterocycles. The molecule has 0 atom stereocenters. The standard InChI is InChI=1S/C35H64O6/c1-3-5-7-9-11-13-15-17-19-21-23-25-27-29-32(36)40-34(38)31-35(39)41-33(37)30-28-26-24-22-20-18-16-14-12-10-8-6-4-2/h3-31H2,1-2H3. The summed E-state index contributed by atoms with van der Waals surface area (Å²) >= 11 is 0. The molecule has 0 unspecified atom stereocenters. The Morgan fingerprint density at radius 2 is 0.537 bits per heavy atom.